The average molecular weight is 194 g/mol. The van der Waals surface area contributed by atoms with Crippen molar-refractivity contribution in [3.8, 4) is 0 Å². The van der Waals surface area contributed by atoms with Gasteiger partial charge in [-0.05, 0) is 0 Å². The highest BCUT2D eigenvalue weighted by atomic mass is 16.5. The number of rotatable bonds is 1. The Morgan fingerprint density at radius 1 is 1.29 bits per heavy atom. The van der Waals surface area contributed by atoms with Gasteiger partial charge in [-0.1, -0.05) is 20.8 Å². The van der Waals surface area contributed by atoms with Crippen molar-refractivity contribution in [1.82, 2.24) is 9.97 Å². The Kier molecular flexibility index (Phi) is 2.84. The summed E-state index contributed by atoms with van der Waals surface area (Å²) in [5.74, 6) is -0.460. The largest absolute Gasteiger partial charge is 0.464 e. The fourth-order valence-corrected chi connectivity index (χ4v) is 0.925. The zero-order valence-corrected chi connectivity index (χ0v) is 8.87. The maximum atomic E-state index is 11.0. The van der Waals surface area contributed by atoms with Crippen LogP contribution in [0.3, 0.4) is 0 Å². The van der Waals surface area contributed by atoms with Gasteiger partial charge in [0.1, 0.15) is 0 Å². The van der Waals surface area contributed by atoms with Crippen molar-refractivity contribution in [3.05, 3.63) is 23.8 Å². The molecule has 1 heterocycles. The van der Waals surface area contributed by atoms with E-state index in [1.165, 1.54) is 13.3 Å². The lowest BCUT2D eigenvalue weighted by molar-refractivity contribution is 0.0593. The minimum absolute atomic E-state index is 0.0539. The predicted molar refractivity (Wildman–Crippen MR) is 52.1 cm³/mol. The topological polar surface area (TPSA) is 52.1 Å². The summed E-state index contributed by atoms with van der Waals surface area (Å²) in [5.41, 5.74) is 1.03. The Balaban J connectivity index is 2.95. The quantitative estimate of drug-likeness (QED) is 0.636. The Labute approximate surface area is 83.3 Å². The van der Waals surface area contributed by atoms with Crippen LogP contribution in [0.1, 0.15) is 37.0 Å². The van der Waals surface area contributed by atoms with Gasteiger partial charge in [-0.3, -0.25) is 4.98 Å². The molecule has 0 fully saturated rings. The summed E-state index contributed by atoms with van der Waals surface area (Å²) in [4.78, 5) is 19.2. The Bertz CT molecular complexity index is 325. The molecular formula is C10H14N2O2. The van der Waals surface area contributed by atoms with Crippen molar-refractivity contribution in [2.75, 3.05) is 7.11 Å². The fourth-order valence-electron chi connectivity index (χ4n) is 0.925. The molecule has 0 unspecified atom stereocenters. The van der Waals surface area contributed by atoms with Gasteiger partial charge in [-0.25, -0.2) is 9.78 Å². The second kappa shape index (κ2) is 3.74. The summed E-state index contributed by atoms with van der Waals surface area (Å²) >= 11 is 0. The van der Waals surface area contributed by atoms with Crippen LogP contribution in [0.4, 0.5) is 0 Å². The number of esters is 1. The van der Waals surface area contributed by atoms with Gasteiger partial charge >= 0.3 is 5.97 Å². The van der Waals surface area contributed by atoms with Gasteiger partial charge < -0.3 is 4.74 Å². The van der Waals surface area contributed by atoms with Gasteiger partial charge in [0.05, 0.1) is 19.0 Å². The van der Waals surface area contributed by atoms with Crippen LogP contribution in [0, 0.1) is 0 Å². The fraction of sp³-hybridized carbons (Fsp3) is 0.500. The summed E-state index contributed by atoms with van der Waals surface area (Å²) in [6, 6.07) is 0. The monoisotopic (exact) mass is 194 g/mol. The van der Waals surface area contributed by atoms with Crippen molar-refractivity contribution < 1.29 is 9.53 Å². The number of ether oxygens (including phenoxy) is 1. The van der Waals surface area contributed by atoms with E-state index in [1.54, 1.807) is 6.20 Å². The molecule has 0 aromatic carbocycles. The number of nitrogens with zero attached hydrogens (tertiary/aromatic N) is 2. The van der Waals surface area contributed by atoms with E-state index in [-0.39, 0.29) is 11.1 Å². The van der Waals surface area contributed by atoms with Crippen LogP contribution in [0.25, 0.3) is 0 Å². The van der Waals surface area contributed by atoms with Crippen LogP contribution in [0.15, 0.2) is 12.4 Å². The number of carbonyl (C=O) groups excluding carboxylic acids is 1. The van der Waals surface area contributed by atoms with Crippen LogP contribution in [0.5, 0.6) is 0 Å². The first-order valence-electron chi connectivity index (χ1n) is 4.36. The number of hydrogen-bond acceptors (Lipinski definition) is 4. The molecule has 0 aliphatic heterocycles. The second-order valence-electron chi connectivity index (χ2n) is 4.03. The molecule has 4 heteroatoms. The third-order valence-electron chi connectivity index (χ3n) is 1.81. The molecule has 0 N–H and O–H groups in total. The summed E-state index contributed by atoms with van der Waals surface area (Å²) in [6.45, 7) is 6.11. The van der Waals surface area contributed by atoms with E-state index < -0.39 is 5.97 Å². The Morgan fingerprint density at radius 2 is 1.93 bits per heavy atom. The maximum Gasteiger partial charge on any atom is 0.358 e. The number of aromatic nitrogens is 2. The van der Waals surface area contributed by atoms with E-state index in [9.17, 15) is 4.79 Å². The molecule has 0 bridgehead atoms. The van der Waals surface area contributed by atoms with Gasteiger partial charge in [0, 0.05) is 11.6 Å². The van der Waals surface area contributed by atoms with E-state index in [0.717, 1.165) is 5.69 Å². The number of methoxy groups -OCH3 is 1. The van der Waals surface area contributed by atoms with Crippen molar-refractivity contribution >= 4 is 5.97 Å². The van der Waals surface area contributed by atoms with E-state index >= 15 is 0 Å². The van der Waals surface area contributed by atoms with Gasteiger partial charge in [-0.2, -0.15) is 0 Å². The van der Waals surface area contributed by atoms with Gasteiger partial charge in [0.25, 0.3) is 0 Å². The highest BCUT2D eigenvalue weighted by Crippen LogP contribution is 2.18. The standard InChI is InChI=1S/C10H14N2O2/c1-10(2,3)8-6-11-7(5-12-8)9(13)14-4/h5-6H,1-4H3. The highest BCUT2D eigenvalue weighted by Gasteiger charge is 2.16. The summed E-state index contributed by atoms with van der Waals surface area (Å²) in [5, 5.41) is 0. The highest BCUT2D eigenvalue weighted by molar-refractivity contribution is 5.86. The van der Waals surface area contributed by atoms with Crippen molar-refractivity contribution in [3.63, 3.8) is 0 Å². The summed E-state index contributed by atoms with van der Waals surface area (Å²) < 4.78 is 4.52. The molecule has 0 saturated carbocycles. The third-order valence-corrected chi connectivity index (χ3v) is 1.81. The molecule has 0 amide bonds. The van der Waals surface area contributed by atoms with E-state index in [1.807, 2.05) is 20.8 Å². The Morgan fingerprint density at radius 3 is 2.29 bits per heavy atom. The molecule has 0 aliphatic rings. The first kappa shape index (κ1) is 10.6. The maximum absolute atomic E-state index is 11.0. The molecular weight excluding hydrogens is 180 g/mol. The molecule has 1 rings (SSSR count). The normalized spacial score (nSPS) is 11.1. The van der Waals surface area contributed by atoms with E-state index in [2.05, 4.69) is 14.7 Å². The molecule has 0 atom stereocenters. The number of hydrogen-bond donors (Lipinski definition) is 0. The molecule has 0 spiro atoms. The predicted octanol–water partition coefficient (Wildman–Crippen LogP) is 1.56. The van der Waals surface area contributed by atoms with Crippen LogP contribution in [-0.2, 0) is 10.2 Å². The molecule has 4 nitrogen and oxygen atoms in total. The number of carbonyl (C=O) groups is 1. The molecule has 0 aliphatic carbocycles. The average Bonchev–Trinajstić information content (AvgIpc) is 2.15. The van der Waals surface area contributed by atoms with Crippen molar-refractivity contribution in [1.29, 1.82) is 0 Å². The first-order valence-corrected chi connectivity index (χ1v) is 4.36. The van der Waals surface area contributed by atoms with E-state index in [4.69, 9.17) is 0 Å². The second-order valence-corrected chi connectivity index (χ2v) is 4.03. The lowest BCUT2D eigenvalue weighted by Crippen LogP contribution is -2.15. The molecule has 1 aromatic heterocycles. The summed E-state index contributed by atoms with van der Waals surface area (Å²) in [6.07, 6.45) is 3.04. The smallest absolute Gasteiger partial charge is 0.358 e. The molecule has 1 aromatic rings. The van der Waals surface area contributed by atoms with Crippen molar-refractivity contribution in [2.24, 2.45) is 0 Å². The lowest BCUT2D eigenvalue weighted by Gasteiger charge is -2.16. The Hall–Kier alpha value is -1.45. The molecule has 76 valence electrons. The van der Waals surface area contributed by atoms with Crippen molar-refractivity contribution in [2.45, 2.75) is 26.2 Å². The first-order chi connectivity index (χ1) is 6.45. The van der Waals surface area contributed by atoms with Gasteiger partial charge in [-0.15, -0.1) is 0 Å². The van der Waals surface area contributed by atoms with Gasteiger partial charge in [0.15, 0.2) is 5.69 Å². The molecule has 0 radical (unpaired) electrons. The van der Waals surface area contributed by atoms with Crippen LogP contribution in [0.2, 0.25) is 0 Å². The minimum Gasteiger partial charge on any atom is -0.464 e. The zero-order valence-electron chi connectivity index (χ0n) is 8.87. The SMILES string of the molecule is COC(=O)c1cnc(C(C)(C)C)cn1. The van der Waals surface area contributed by atoms with E-state index in [0.29, 0.717) is 0 Å². The van der Waals surface area contributed by atoms with Crippen LogP contribution < -0.4 is 0 Å². The lowest BCUT2D eigenvalue weighted by atomic mass is 9.93. The van der Waals surface area contributed by atoms with Crippen LogP contribution >= 0.6 is 0 Å². The van der Waals surface area contributed by atoms with Gasteiger partial charge in [0.2, 0.25) is 0 Å². The minimum atomic E-state index is -0.460. The zero-order chi connectivity index (χ0) is 10.8. The summed E-state index contributed by atoms with van der Waals surface area (Å²) in [7, 11) is 1.32. The van der Waals surface area contributed by atoms with Crippen LogP contribution in [-0.4, -0.2) is 23.0 Å². The molecule has 14 heavy (non-hydrogen) atoms. The third kappa shape index (κ3) is 2.28. The molecule has 0 saturated heterocycles.